The average molecular weight is 687 g/mol. The van der Waals surface area contributed by atoms with Crippen molar-refractivity contribution in [1.82, 2.24) is 19.1 Å². The summed E-state index contributed by atoms with van der Waals surface area (Å²) in [5.74, 6) is 0. The van der Waals surface area contributed by atoms with Crippen molar-refractivity contribution in [3.05, 3.63) is 182 Å². The maximum absolute atomic E-state index is 5.32. The molecular formula is C50H30N4. The van der Waals surface area contributed by atoms with Gasteiger partial charge in [-0.1, -0.05) is 133 Å². The molecule has 0 aliphatic heterocycles. The number of nitrogens with zero attached hydrogens (tertiary/aromatic N) is 4. The van der Waals surface area contributed by atoms with E-state index in [0.29, 0.717) is 0 Å². The molecule has 0 saturated heterocycles. The van der Waals surface area contributed by atoms with Crippen molar-refractivity contribution in [3.8, 4) is 22.6 Å². The van der Waals surface area contributed by atoms with Crippen molar-refractivity contribution in [2.24, 2.45) is 0 Å². The summed E-state index contributed by atoms with van der Waals surface area (Å²) in [5, 5.41) is 12.1. The summed E-state index contributed by atoms with van der Waals surface area (Å²) < 4.78 is 4.86. The zero-order valence-electron chi connectivity index (χ0n) is 29.1. The van der Waals surface area contributed by atoms with Crippen molar-refractivity contribution < 1.29 is 0 Å². The monoisotopic (exact) mass is 686 g/mol. The summed E-state index contributed by atoms with van der Waals surface area (Å²) in [4.78, 5) is 10.4. The lowest BCUT2D eigenvalue weighted by molar-refractivity contribution is 1.17. The quantitative estimate of drug-likeness (QED) is 0.173. The van der Waals surface area contributed by atoms with Crippen LogP contribution >= 0.6 is 0 Å². The van der Waals surface area contributed by atoms with Crippen LogP contribution in [0.3, 0.4) is 0 Å². The molecule has 250 valence electrons. The van der Waals surface area contributed by atoms with Crippen molar-refractivity contribution in [2.45, 2.75) is 0 Å². The van der Waals surface area contributed by atoms with Gasteiger partial charge in [0.1, 0.15) is 0 Å². The number of hydrogen-bond acceptors (Lipinski definition) is 2. The van der Waals surface area contributed by atoms with Crippen LogP contribution in [0.1, 0.15) is 0 Å². The average Bonchev–Trinajstić information content (AvgIpc) is 3.76. The zero-order valence-corrected chi connectivity index (χ0v) is 29.1. The smallest absolute Gasteiger partial charge is 0.0979 e. The van der Waals surface area contributed by atoms with E-state index in [1.54, 1.807) is 0 Å². The molecule has 0 aliphatic carbocycles. The minimum absolute atomic E-state index is 0.853. The molecule has 4 heteroatoms. The lowest BCUT2D eigenvalue weighted by Crippen LogP contribution is -1.96. The molecule has 0 fully saturated rings. The van der Waals surface area contributed by atoms with E-state index in [0.717, 1.165) is 38.8 Å². The first-order valence-electron chi connectivity index (χ1n) is 18.4. The Bertz CT molecular complexity index is 3470. The second-order valence-electron chi connectivity index (χ2n) is 14.2. The summed E-state index contributed by atoms with van der Waals surface area (Å²) >= 11 is 0. The lowest BCUT2D eigenvalue weighted by atomic mass is 9.99. The van der Waals surface area contributed by atoms with E-state index in [9.17, 15) is 0 Å². The van der Waals surface area contributed by atoms with E-state index in [4.69, 9.17) is 9.97 Å². The van der Waals surface area contributed by atoms with Crippen LogP contribution in [0.15, 0.2) is 182 Å². The van der Waals surface area contributed by atoms with Crippen LogP contribution in [-0.2, 0) is 0 Å². The van der Waals surface area contributed by atoms with Crippen LogP contribution in [0, 0.1) is 0 Å². The Balaban J connectivity index is 1.11. The van der Waals surface area contributed by atoms with Gasteiger partial charge in [0.2, 0.25) is 0 Å². The highest BCUT2D eigenvalue weighted by Gasteiger charge is 2.21. The largest absolute Gasteiger partial charge is 0.309 e. The van der Waals surface area contributed by atoms with Crippen LogP contribution in [-0.4, -0.2) is 19.1 Å². The molecule has 3 aromatic heterocycles. The van der Waals surface area contributed by atoms with Crippen LogP contribution in [0.25, 0.3) is 110 Å². The van der Waals surface area contributed by atoms with Gasteiger partial charge in [0, 0.05) is 49.0 Å². The number of aromatic nitrogens is 4. The Morgan fingerprint density at radius 3 is 1.63 bits per heavy atom. The van der Waals surface area contributed by atoms with Gasteiger partial charge in [0.15, 0.2) is 0 Å². The van der Waals surface area contributed by atoms with Gasteiger partial charge in [-0.15, -0.1) is 0 Å². The highest BCUT2D eigenvalue weighted by molar-refractivity contribution is 6.29. The molecule has 3 heterocycles. The first-order chi connectivity index (χ1) is 26.8. The maximum atomic E-state index is 5.32. The standard InChI is InChI=1S/C50H30N4/c1-2-17-34-31(13-1)14-12-26-42(34)54-44-25-10-8-23-40(44)48-46(54)28-27-45-47(48)39-22-7-9-24-43(39)53(45)33-16-11-15-32(29-33)41-30-51-49-37-20-5-3-18-35(37)36-19-4-6-21-38(36)50(49)52-41/h1-30H. The van der Waals surface area contributed by atoms with Gasteiger partial charge in [0.05, 0.1) is 50.7 Å². The third-order valence-electron chi connectivity index (χ3n) is 11.3. The topological polar surface area (TPSA) is 35.6 Å². The van der Waals surface area contributed by atoms with Gasteiger partial charge in [0.25, 0.3) is 0 Å². The maximum Gasteiger partial charge on any atom is 0.0979 e. The third kappa shape index (κ3) is 4.02. The molecule has 0 amide bonds. The van der Waals surface area contributed by atoms with E-state index < -0.39 is 0 Å². The van der Waals surface area contributed by atoms with Crippen LogP contribution in [0.5, 0.6) is 0 Å². The molecule has 0 unspecified atom stereocenters. The molecule has 0 N–H and O–H groups in total. The van der Waals surface area contributed by atoms with Gasteiger partial charge in [-0.2, -0.15) is 0 Å². The molecule has 0 saturated carbocycles. The predicted octanol–water partition coefficient (Wildman–Crippen LogP) is 13.0. The molecule has 12 rings (SSSR count). The predicted molar refractivity (Wildman–Crippen MR) is 226 cm³/mol. The van der Waals surface area contributed by atoms with Crippen LogP contribution in [0.2, 0.25) is 0 Å². The molecule has 9 aromatic carbocycles. The molecule has 0 atom stereocenters. The summed E-state index contributed by atoms with van der Waals surface area (Å²) in [7, 11) is 0. The first kappa shape index (κ1) is 29.3. The highest BCUT2D eigenvalue weighted by atomic mass is 15.0. The van der Waals surface area contributed by atoms with E-state index in [1.807, 2.05) is 6.20 Å². The van der Waals surface area contributed by atoms with E-state index in [-0.39, 0.29) is 0 Å². The number of para-hydroxylation sites is 2. The van der Waals surface area contributed by atoms with Gasteiger partial charge >= 0.3 is 0 Å². The van der Waals surface area contributed by atoms with Crippen molar-refractivity contribution in [3.63, 3.8) is 0 Å². The van der Waals surface area contributed by atoms with Gasteiger partial charge < -0.3 is 9.13 Å². The number of hydrogen-bond donors (Lipinski definition) is 0. The Kier molecular flexibility index (Phi) is 6.02. The van der Waals surface area contributed by atoms with Crippen molar-refractivity contribution >= 4 is 87.0 Å². The number of fused-ring (bicyclic) bond motifs is 14. The highest BCUT2D eigenvalue weighted by Crippen LogP contribution is 2.43. The minimum Gasteiger partial charge on any atom is -0.309 e. The fourth-order valence-corrected chi connectivity index (χ4v) is 9.03. The van der Waals surface area contributed by atoms with Crippen molar-refractivity contribution in [2.75, 3.05) is 0 Å². The second kappa shape index (κ2) is 11.1. The summed E-state index contributed by atoms with van der Waals surface area (Å²) in [6, 6.07) is 63.3. The molecule has 0 spiro atoms. The van der Waals surface area contributed by atoms with E-state index >= 15 is 0 Å². The molecule has 4 nitrogen and oxygen atoms in total. The molecular weight excluding hydrogens is 657 g/mol. The van der Waals surface area contributed by atoms with Crippen molar-refractivity contribution in [1.29, 1.82) is 0 Å². The fourth-order valence-electron chi connectivity index (χ4n) is 9.03. The summed E-state index contributed by atoms with van der Waals surface area (Å²) in [6.07, 6.45) is 1.93. The van der Waals surface area contributed by atoms with Gasteiger partial charge in [-0.25, -0.2) is 4.98 Å². The molecule has 12 aromatic rings. The van der Waals surface area contributed by atoms with Crippen LogP contribution < -0.4 is 0 Å². The number of benzene rings is 9. The Morgan fingerprint density at radius 1 is 0.370 bits per heavy atom. The summed E-state index contributed by atoms with van der Waals surface area (Å²) in [6.45, 7) is 0. The molecule has 0 aliphatic rings. The molecule has 54 heavy (non-hydrogen) atoms. The second-order valence-corrected chi connectivity index (χ2v) is 14.2. The Labute approximate surface area is 309 Å². The molecule has 0 radical (unpaired) electrons. The van der Waals surface area contributed by atoms with Gasteiger partial charge in [-0.05, 0) is 58.6 Å². The lowest BCUT2D eigenvalue weighted by Gasteiger charge is -2.13. The van der Waals surface area contributed by atoms with E-state index in [2.05, 4.69) is 185 Å². The Morgan fingerprint density at radius 2 is 0.907 bits per heavy atom. The summed E-state index contributed by atoms with van der Waals surface area (Å²) in [5.41, 5.74) is 10.7. The molecule has 0 bridgehead atoms. The SMILES string of the molecule is c1cc(-c2cnc3c4ccccc4c4ccccc4c3n2)cc(-n2c3ccccc3c3c4c5ccccc5n(-c5cccc6ccccc56)c4ccc32)c1. The van der Waals surface area contributed by atoms with Crippen LogP contribution in [0.4, 0.5) is 0 Å². The third-order valence-corrected chi connectivity index (χ3v) is 11.3. The zero-order chi connectivity index (χ0) is 35.3. The minimum atomic E-state index is 0.853. The number of rotatable bonds is 3. The first-order valence-corrected chi connectivity index (χ1v) is 18.4. The normalized spacial score (nSPS) is 12.1. The fraction of sp³-hybridized carbons (Fsp3) is 0. The van der Waals surface area contributed by atoms with Gasteiger partial charge in [-0.3, -0.25) is 4.98 Å². The Hall–Kier alpha value is -7.30. The van der Waals surface area contributed by atoms with E-state index in [1.165, 1.54) is 70.8 Å².